The molecule has 1 unspecified atom stereocenters. The fourth-order valence-electron chi connectivity index (χ4n) is 1.11. The van der Waals surface area contributed by atoms with E-state index in [1.54, 1.807) is 0 Å². The van der Waals surface area contributed by atoms with Crippen LogP contribution in [0.4, 0.5) is 19.1 Å². The summed E-state index contributed by atoms with van der Waals surface area (Å²) in [5.74, 6) is 0.163. The second-order valence-corrected chi connectivity index (χ2v) is 3.81. The summed E-state index contributed by atoms with van der Waals surface area (Å²) in [4.78, 5) is 7.17. The monoisotopic (exact) mass is 263 g/mol. The molecule has 0 aromatic carbocycles. The summed E-state index contributed by atoms with van der Waals surface area (Å²) in [5.41, 5.74) is -0.857. The second kappa shape index (κ2) is 6.53. The van der Waals surface area contributed by atoms with Crippen LogP contribution in [0, 0.1) is 0 Å². The zero-order valence-corrected chi connectivity index (χ0v) is 10.3. The lowest BCUT2D eigenvalue weighted by atomic mass is 10.3. The Kier molecular flexibility index (Phi) is 5.33. The predicted octanol–water partition coefficient (Wildman–Crippen LogP) is 2.72. The number of aromatic nitrogens is 2. The van der Waals surface area contributed by atoms with Crippen LogP contribution < -0.4 is 5.32 Å². The van der Waals surface area contributed by atoms with Crippen LogP contribution in [-0.4, -0.2) is 29.2 Å². The van der Waals surface area contributed by atoms with Gasteiger partial charge in [-0.05, 0) is 13.3 Å². The maximum atomic E-state index is 12.2. The number of halogens is 3. The van der Waals surface area contributed by atoms with E-state index in [-0.39, 0.29) is 12.1 Å². The molecule has 0 bridgehead atoms. The number of nitrogens with one attached hydrogen (secondary N) is 1. The Balaban J connectivity index is 2.36. The van der Waals surface area contributed by atoms with Gasteiger partial charge in [0.2, 0.25) is 5.95 Å². The van der Waals surface area contributed by atoms with Gasteiger partial charge in [-0.1, -0.05) is 6.92 Å². The molecule has 0 spiro atoms. The summed E-state index contributed by atoms with van der Waals surface area (Å²) in [5, 5.41) is 2.79. The highest BCUT2D eigenvalue weighted by molar-refractivity contribution is 5.25. The van der Waals surface area contributed by atoms with Gasteiger partial charge in [0.25, 0.3) is 0 Å². The van der Waals surface area contributed by atoms with Gasteiger partial charge >= 0.3 is 6.18 Å². The Morgan fingerprint density at radius 1 is 1.33 bits per heavy atom. The van der Waals surface area contributed by atoms with Crippen molar-refractivity contribution in [3.8, 4) is 0 Å². The summed E-state index contributed by atoms with van der Waals surface area (Å²) in [6.07, 6.45) is -1.81. The summed E-state index contributed by atoms with van der Waals surface area (Å²) in [6, 6.07) is 0. The summed E-state index contributed by atoms with van der Waals surface area (Å²) in [7, 11) is 0. The summed E-state index contributed by atoms with van der Waals surface area (Å²) >= 11 is 0. The molecule has 0 aliphatic heterocycles. The minimum atomic E-state index is -4.40. The number of anilines is 1. The normalized spacial score (nSPS) is 13.4. The number of ether oxygens (including phenoxy) is 1. The SMILES string of the molecule is CCC(C)OCCNc1ncc(C(F)(F)F)cn1. The largest absolute Gasteiger partial charge is 0.419 e. The molecule has 1 aromatic rings. The quantitative estimate of drug-likeness (QED) is 0.802. The van der Waals surface area contributed by atoms with Gasteiger partial charge in [-0.3, -0.25) is 0 Å². The van der Waals surface area contributed by atoms with Gasteiger partial charge in [0.15, 0.2) is 0 Å². The lowest BCUT2D eigenvalue weighted by Gasteiger charge is -2.11. The van der Waals surface area contributed by atoms with E-state index in [1.165, 1.54) is 0 Å². The molecule has 1 N–H and O–H groups in total. The first-order valence-corrected chi connectivity index (χ1v) is 5.68. The third kappa shape index (κ3) is 4.87. The lowest BCUT2D eigenvalue weighted by Crippen LogP contribution is -2.16. The van der Waals surface area contributed by atoms with Crippen LogP contribution in [0.15, 0.2) is 12.4 Å². The number of hydrogen-bond donors (Lipinski definition) is 1. The van der Waals surface area contributed by atoms with Crippen LogP contribution in [0.25, 0.3) is 0 Å². The average molecular weight is 263 g/mol. The first-order valence-electron chi connectivity index (χ1n) is 5.68. The molecule has 0 saturated carbocycles. The van der Waals surface area contributed by atoms with Crippen molar-refractivity contribution in [1.29, 1.82) is 0 Å². The Labute approximate surface area is 104 Å². The van der Waals surface area contributed by atoms with Crippen LogP contribution in [0.5, 0.6) is 0 Å². The van der Waals surface area contributed by atoms with E-state index < -0.39 is 11.7 Å². The lowest BCUT2D eigenvalue weighted by molar-refractivity contribution is -0.138. The minimum absolute atomic E-state index is 0.163. The molecule has 1 rings (SSSR count). The number of hydrogen-bond acceptors (Lipinski definition) is 4. The van der Waals surface area contributed by atoms with Crippen molar-refractivity contribution in [3.63, 3.8) is 0 Å². The molecule has 1 heterocycles. The van der Waals surface area contributed by atoms with E-state index in [0.29, 0.717) is 13.2 Å². The molecule has 0 radical (unpaired) electrons. The molecule has 7 heteroatoms. The fourth-order valence-corrected chi connectivity index (χ4v) is 1.11. The molecule has 0 amide bonds. The molecule has 0 aliphatic carbocycles. The third-order valence-electron chi connectivity index (χ3n) is 2.34. The van der Waals surface area contributed by atoms with Crippen molar-refractivity contribution in [2.75, 3.05) is 18.5 Å². The first kappa shape index (κ1) is 14.7. The summed E-state index contributed by atoms with van der Waals surface area (Å²) < 4.78 is 42.1. The molecule has 0 fully saturated rings. The standard InChI is InChI=1S/C11H16F3N3O/c1-3-8(2)18-5-4-15-10-16-6-9(7-17-10)11(12,13)14/h6-8H,3-5H2,1-2H3,(H,15,16,17). The molecule has 4 nitrogen and oxygen atoms in total. The molecule has 1 aromatic heterocycles. The van der Waals surface area contributed by atoms with Crippen molar-refractivity contribution in [2.24, 2.45) is 0 Å². The van der Waals surface area contributed by atoms with Gasteiger partial charge < -0.3 is 10.1 Å². The van der Waals surface area contributed by atoms with Crippen molar-refractivity contribution < 1.29 is 17.9 Å². The van der Waals surface area contributed by atoms with Gasteiger partial charge in [-0.2, -0.15) is 13.2 Å². The zero-order valence-electron chi connectivity index (χ0n) is 10.3. The van der Waals surface area contributed by atoms with E-state index in [1.807, 2.05) is 13.8 Å². The molecule has 18 heavy (non-hydrogen) atoms. The van der Waals surface area contributed by atoms with Crippen LogP contribution >= 0.6 is 0 Å². The van der Waals surface area contributed by atoms with Gasteiger partial charge in [0, 0.05) is 18.9 Å². The van der Waals surface area contributed by atoms with E-state index in [2.05, 4.69) is 15.3 Å². The van der Waals surface area contributed by atoms with E-state index in [0.717, 1.165) is 18.8 Å². The molecule has 0 saturated heterocycles. The molecule has 102 valence electrons. The summed E-state index contributed by atoms with van der Waals surface area (Å²) in [6.45, 7) is 4.88. The Morgan fingerprint density at radius 3 is 2.44 bits per heavy atom. The van der Waals surface area contributed by atoms with E-state index >= 15 is 0 Å². The van der Waals surface area contributed by atoms with Gasteiger partial charge in [-0.25, -0.2) is 9.97 Å². The fraction of sp³-hybridized carbons (Fsp3) is 0.636. The van der Waals surface area contributed by atoms with Gasteiger partial charge in [0.1, 0.15) is 0 Å². The first-order chi connectivity index (χ1) is 8.43. The van der Waals surface area contributed by atoms with Crippen LogP contribution in [0.2, 0.25) is 0 Å². The van der Waals surface area contributed by atoms with E-state index in [4.69, 9.17) is 4.74 Å². The van der Waals surface area contributed by atoms with Crippen molar-refractivity contribution in [3.05, 3.63) is 18.0 Å². The van der Waals surface area contributed by atoms with Crippen LogP contribution in [0.1, 0.15) is 25.8 Å². The molecule has 1 atom stereocenters. The van der Waals surface area contributed by atoms with Gasteiger partial charge in [-0.15, -0.1) is 0 Å². The number of alkyl halides is 3. The Bertz CT molecular complexity index is 354. The topological polar surface area (TPSA) is 47.0 Å². The number of nitrogens with zero attached hydrogens (tertiary/aromatic N) is 2. The smallest absolute Gasteiger partial charge is 0.377 e. The third-order valence-corrected chi connectivity index (χ3v) is 2.34. The number of rotatable bonds is 6. The highest BCUT2D eigenvalue weighted by atomic mass is 19.4. The zero-order chi connectivity index (χ0) is 13.6. The Hall–Kier alpha value is -1.37. The molecule has 0 aliphatic rings. The van der Waals surface area contributed by atoms with E-state index in [9.17, 15) is 13.2 Å². The van der Waals surface area contributed by atoms with Crippen molar-refractivity contribution >= 4 is 5.95 Å². The van der Waals surface area contributed by atoms with Crippen molar-refractivity contribution in [2.45, 2.75) is 32.5 Å². The highest BCUT2D eigenvalue weighted by Crippen LogP contribution is 2.27. The maximum absolute atomic E-state index is 12.2. The van der Waals surface area contributed by atoms with Crippen LogP contribution in [0.3, 0.4) is 0 Å². The highest BCUT2D eigenvalue weighted by Gasteiger charge is 2.31. The Morgan fingerprint density at radius 2 is 1.94 bits per heavy atom. The molecular formula is C11H16F3N3O. The minimum Gasteiger partial charge on any atom is -0.377 e. The van der Waals surface area contributed by atoms with Crippen molar-refractivity contribution in [1.82, 2.24) is 9.97 Å². The average Bonchev–Trinajstić information content (AvgIpc) is 2.33. The predicted molar refractivity (Wildman–Crippen MR) is 61.2 cm³/mol. The maximum Gasteiger partial charge on any atom is 0.419 e. The van der Waals surface area contributed by atoms with Gasteiger partial charge in [0.05, 0.1) is 18.3 Å². The van der Waals surface area contributed by atoms with Crippen LogP contribution in [-0.2, 0) is 10.9 Å². The second-order valence-electron chi connectivity index (χ2n) is 3.81. The molecular weight excluding hydrogens is 247 g/mol.